The lowest BCUT2D eigenvalue weighted by atomic mass is 10.1. The first-order chi connectivity index (χ1) is 28.3. The predicted molar refractivity (Wildman–Crippen MR) is 236 cm³/mol. The van der Waals surface area contributed by atoms with Gasteiger partial charge in [-0.1, -0.05) is 133 Å². The minimum atomic E-state index is 0.696. The van der Waals surface area contributed by atoms with Gasteiger partial charge in [0.2, 0.25) is 0 Å². The quantitative estimate of drug-likeness (QED) is 0.177. The molecule has 0 aliphatic heterocycles. The average molecular weight is 728 g/mol. The summed E-state index contributed by atoms with van der Waals surface area (Å²) in [6.45, 7) is 0. The second-order valence-corrected chi connectivity index (χ2v) is 14.7. The van der Waals surface area contributed by atoms with Gasteiger partial charge in [-0.2, -0.15) is 0 Å². The van der Waals surface area contributed by atoms with E-state index in [0.29, 0.717) is 5.82 Å². The number of hydrogen-bond acceptors (Lipinski definition) is 2. The van der Waals surface area contributed by atoms with Crippen molar-refractivity contribution < 1.29 is 0 Å². The normalized spacial score (nSPS) is 11.9. The maximum atomic E-state index is 5.10. The summed E-state index contributed by atoms with van der Waals surface area (Å²) in [4.78, 5) is 10.2. The monoisotopic (exact) mass is 727 g/mol. The molecule has 0 aliphatic carbocycles. The molecule has 0 saturated heterocycles. The minimum absolute atomic E-state index is 0.696. The highest BCUT2D eigenvalue weighted by molar-refractivity contribution is 6.19. The molecule has 4 heterocycles. The molecule has 266 valence electrons. The SMILES string of the molecule is c1ccc(-c2cc(-c3ccccc3)nc(-c3ccc(-n4c5ccccc5c5cc6c7ccccc7n(-n7c8ccccc8c8ccccc87)c6cc54)cc3)n2)cc1. The van der Waals surface area contributed by atoms with E-state index < -0.39 is 0 Å². The van der Waals surface area contributed by atoms with E-state index >= 15 is 0 Å². The Balaban J connectivity index is 1.08. The molecule has 0 unspecified atom stereocenters. The highest BCUT2D eigenvalue weighted by atomic mass is 15.5. The molecule has 0 atom stereocenters. The van der Waals surface area contributed by atoms with E-state index in [1.54, 1.807) is 0 Å². The van der Waals surface area contributed by atoms with Crippen LogP contribution in [0.15, 0.2) is 200 Å². The van der Waals surface area contributed by atoms with Crippen molar-refractivity contribution in [2.45, 2.75) is 0 Å². The summed E-state index contributed by atoms with van der Waals surface area (Å²) in [5.74, 6) is 0.696. The first-order valence-electron chi connectivity index (χ1n) is 19.3. The number of fused-ring (bicyclic) bond motifs is 9. The highest BCUT2D eigenvalue weighted by Crippen LogP contribution is 2.40. The maximum absolute atomic E-state index is 5.10. The largest absolute Gasteiger partial charge is 0.309 e. The number of benzene rings is 8. The number of hydrogen-bond donors (Lipinski definition) is 0. The average Bonchev–Trinajstić information content (AvgIpc) is 3.91. The molecule has 5 heteroatoms. The lowest BCUT2D eigenvalue weighted by Gasteiger charge is -2.14. The van der Waals surface area contributed by atoms with Crippen molar-refractivity contribution in [3.63, 3.8) is 0 Å². The minimum Gasteiger partial charge on any atom is -0.309 e. The first-order valence-corrected chi connectivity index (χ1v) is 19.3. The van der Waals surface area contributed by atoms with Crippen molar-refractivity contribution in [2.75, 3.05) is 0 Å². The number of nitrogens with zero attached hydrogens (tertiary/aromatic N) is 5. The van der Waals surface area contributed by atoms with E-state index in [1.807, 2.05) is 12.1 Å². The van der Waals surface area contributed by atoms with Crippen LogP contribution < -0.4 is 0 Å². The van der Waals surface area contributed by atoms with Gasteiger partial charge >= 0.3 is 0 Å². The van der Waals surface area contributed by atoms with Crippen LogP contribution in [0.5, 0.6) is 0 Å². The Morgan fingerprint density at radius 2 is 0.702 bits per heavy atom. The molecular formula is C52H33N5. The first kappa shape index (κ1) is 31.6. The molecule has 0 fully saturated rings. The van der Waals surface area contributed by atoms with Gasteiger partial charge in [-0.15, -0.1) is 0 Å². The topological polar surface area (TPSA) is 40.6 Å². The van der Waals surface area contributed by atoms with Gasteiger partial charge in [0.15, 0.2) is 5.82 Å². The molecule has 0 bridgehead atoms. The molecule has 5 nitrogen and oxygen atoms in total. The van der Waals surface area contributed by atoms with E-state index in [4.69, 9.17) is 9.97 Å². The molecule has 0 amide bonds. The zero-order chi connectivity index (χ0) is 37.5. The summed E-state index contributed by atoms with van der Waals surface area (Å²) in [5.41, 5.74) is 12.9. The van der Waals surface area contributed by atoms with Crippen LogP contribution in [-0.4, -0.2) is 23.9 Å². The lowest BCUT2D eigenvalue weighted by Crippen LogP contribution is -2.08. The molecule has 12 rings (SSSR count). The molecule has 8 aromatic carbocycles. The van der Waals surface area contributed by atoms with Crippen molar-refractivity contribution in [2.24, 2.45) is 0 Å². The Labute approximate surface area is 327 Å². The van der Waals surface area contributed by atoms with Gasteiger partial charge in [0.25, 0.3) is 0 Å². The van der Waals surface area contributed by atoms with E-state index in [1.165, 1.54) is 48.9 Å². The number of aromatic nitrogens is 5. The second-order valence-electron chi connectivity index (χ2n) is 14.7. The van der Waals surface area contributed by atoms with Crippen molar-refractivity contribution in [3.05, 3.63) is 200 Å². The Bertz CT molecular complexity index is 3390. The maximum Gasteiger partial charge on any atom is 0.160 e. The van der Waals surface area contributed by atoms with Gasteiger partial charge in [-0.3, -0.25) is 0 Å². The molecule has 4 aromatic heterocycles. The number of para-hydroxylation sites is 4. The van der Waals surface area contributed by atoms with E-state index in [0.717, 1.165) is 50.3 Å². The third kappa shape index (κ3) is 4.82. The molecule has 12 aromatic rings. The molecule has 0 saturated carbocycles. The Kier molecular flexibility index (Phi) is 6.86. The standard InChI is InChI=1S/C52H33N5/c1-3-15-34(16-4-1)44-32-45(35-17-5-2-6-18-35)54-52(53-44)36-27-29-37(30-28-36)55-46-23-11-7-21-40(46)42-31-43-41-22-10-14-26-49(41)57(51(43)33-50(42)55)56-47-24-12-8-19-38(47)39-20-9-13-25-48(39)56/h1-33H. The Morgan fingerprint density at radius 3 is 1.25 bits per heavy atom. The third-order valence-corrected chi connectivity index (χ3v) is 11.4. The molecule has 0 radical (unpaired) electrons. The second kappa shape index (κ2) is 12.4. The molecular weight excluding hydrogens is 695 g/mol. The summed E-state index contributed by atoms with van der Waals surface area (Å²) in [7, 11) is 0. The van der Waals surface area contributed by atoms with Crippen molar-refractivity contribution >= 4 is 65.4 Å². The van der Waals surface area contributed by atoms with E-state index in [-0.39, 0.29) is 0 Å². The van der Waals surface area contributed by atoms with E-state index in [2.05, 4.69) is 202 Å². The van der Waals surface area contributed by atoms with Gasteiger partial charge < -0.3 is 4.57 Å². The smallest absolute Gasteiger partial charge is 0.160 e. The van der Waals surface area contributed by atoms with Crippen LogP contribution in [0, 0.1) is 0 Å². The zero-order valence-electron chi connectivity index (χ0n) is 30.8. The Hall–Kier alpha value is -7.76. The lowest BCUT2D eigenvalue weighted by molar-refractivity contribution is 0.775. The van der Waals surface area contributed by atoms with Gasteiger partial charge in [0.05, 0.1) is 44.5 Å². The fourth-order valence-corrected chi connectivity index (χ4v) is 8.87. The summed E-state index contributed by atoms with van der Waals surface area (Å²) >= 11 is 0. The molecule has 0 spiro atoms. The highest BCUT2D eigenvalue weighted by Gasteiger charge is 2.21. The van der Waals surface area contributed by atoms with Crippen molar-refractivity contribution in [1.82, 2.24) is 23.9 Å². The van der Waals surface area contributed by atoms with Crippen LogP contribution in [0.3, 0.4) is 0 Å². The van der Waals surface area contributed by atoms with Crippen LogP contribution in [0.25, 0.3) is 105 Å². The van der Waals surface area contributed by atoms with Gasteiger partial charge in [0.1, 0.15) is 0 Å². The van der Waals surface area contributed by atoms with Crippen LogP contribution in [0.1, 0.15) is 0 Å². The summed E-state index contributed by atoms with van der Waals surface area (Å²) in [6.07, 6.45) is 0. The van der Waals surface area contributed by atoms with Crippen LogP contribution >= 0.6 is 0 Å². The van der Waals surface area contributed by atoms with Crippen molar-refractivity contribution in [3.8, 4) is 39.6 Å². The van der Waals surface area contributed by atoms with E-state index in [9.17, 15) is 0 Å². The van der Waals surface area contributed by atoms with Gasteiger partial charge in [0, 0.05) is 54.7 Å². The fourth-order valence-electron chi connectivity index (χ4n) is 8.87. The van der Waals surface area contributed by atoms with Crippen LogP contribution in [0.2, 0.25) is 0 Å². The molecule has 0 aliphatic rings. The summed E-state index contributed by atoms with van der Waals surface area (Å²) in [6, 6.07) is 71.3. The zero-order valence-corrected chi connectivity index (χ0v) is 30.8. The predicted octanol–water partition coefficient (Wildman–Crippen LogP) is 13.1. The van der Waals surface area contributed by atoms with Crippen LogP contribution in [-0.2, 0) is 0 Å². The summed E-state index contributed by atoms with van der Waals surface area (Å²) < 4.78 is 7.22. The fraction of sp³-hybridized carbons (Fsp3) is 0. The van der Waals surface area contributed by atoms with Gasteiger partial charge in [-0.25, -0.2) is 19.3 Å². The van der Waals surface area contributed by atoms with Crippen LogP contribution in [0.4, 0.5) is 0 Å². The third-order valence-electron chi connectivity index (χ3n) is 11.4. The Morgan fingerprint density at radius 1 is 0.281 bits per heavy atom. The molecule has 57 heavy (non-hydrogen) atoms. The van der Waals surface area contributed by atoms with Crippen molar-refractivity contribution in [1.29, 1.82) is 0 Å². The number of rotatable bonds is 5. The molecule has 0 N–H and O–H groups in total. The summed E-state index contributed by atoms with van der Waals surface area (Å²) in [5, 5.41) is 7.37. The van der Waals surface area contributed by atoms with Gasteiger partial charge in [-0.05, 0) is 66.7 Å².